The lowest BCUT2D eigenvalue weighted by atomic mass is 10.1. The third-order valence-electron chi connectivity index (χ3n) is 3.74. The molecule has 9 heteroatoms. The third kappa shape index (κ3) is 5.33. The van der Waals surface area contributed by atoms with Gasteiger partial charge in [-0.3, -0.25) is 13.9 Å². The first-order valence-electron chi connectivity index (χ1n) is 7.91. The van der Waals surface area contributed by atoms with Crippen molar-refractivity contribution < 1.29 is 26.8 Å². The van der Waals surface area contributed by atoms with Gasteiger partial charge >= 0.3 is 0 Å². The topological polar surface area (TPSA) is 83.6 Å². The number of rotatable bonds is 7. The number of Topliss-reactive ketones (excluding diaryl/α,β-unsaturated/α-hetero) is 1. The number of ketones is 1. The third-order valence-corrected chi connectivity index (χ3v) is 4.94. The largest absolute Gasteiger partial charge is 0.350 e. The molecule has 1 amide bonds. The molecule has 27 heavy (non-hydrogen) atoms. The van der Waals surface area contributed by atoms with Crippen molar-refractivity contribution in [2.45, 2.75) is 6.92 Å². The molecule has 0 fully saturated rings. The van der Waals surface area contributed by atoms with Crippen LogP contribution in [0.15, 0.2) is 42.5 Å². The molecular weight excluding hydrogens is 378 g/mol. The molecule has 0 aromatic heterocycles. The van der Waals surface area contributed by atoms with Crippen LogP contribution in [0, 0.1) is 11.6 Å². The summed E-state index contributed by atoms with van der Waals surface area (Å²) < 4.78 is 51.2. The van der Waals surface area contributed by atoms with Gasteiger partial charge in [0.05, 0.1) is 18.5 Å². The van der Waals surface area contributed by atoms with Gasteiger partial charge < -0.3 is 5.32 Å². The van der Waals surface area contributed by atoms with Crippen molar-refractivity contribution >= 4 is 27.4 Å². The van der Waals surface area contributed by atoms with E-state index in [2.05, 4.69) is 5.32 Å². The number of sulfonamides is 1. The Bertz CT molecular complexity index is 960. The summed E-state index contributed by atoms with van der Waals surface area (Å²) in [4.78, 5) is 23.3. The molecule has 2 aromatic carbocycles. The summed E-state index contributed by atoms with van der Waals surface area (Å²) >= 11 is 0. The molecule has 0 bridgehead atoms. The normalized spacial score (nSPS) is 11.1. The molecule has 0 aliphatic carbocycles. The first kappa shape index (κ1) is 20.5. The second kappa shape index (κ2) is 8.26. The second-order valence-electron chi connectivity index (χ2n) is 5.82. The molecule has 144 valence electrons. The van der Waals surface area contributed by atoms with Gasteiger partial charge in [0.1, 0.15) is 0 Å². The highest BCUT2D eigenvalue weighted by atomic mass is 32.2. The summed E-state index contributed by atoms with van der Waals surface area (Å²) in [5, 5.41) is 2.46. The van der Waals surface area contributed by atoms with Gasteiger partial charge in [0.15, 0.2) is 17.4 Å². The van der Waals surface area contributed by atoms with Crippen molar-refractivity contribution in [2.75, 3.05) is 23.7 Å². The van der Waals surface area contributed by atoms with E-state index in [1.165, 1.54) is 31.2 Å². The Hall–Kier alpha value is -2.81. The lowest BCUT2D eigenvalue weighted by Gasteiger charge is -2.22. The van der Waals surface area contributed by atoms with E-state index in [1.54, 1.807) is 0 Å². The number of amides is 1. The predicted molar refractivity (Wildman–Crippen MR) is 97.3 cm³/mol. The Labute approximate surface area is 155 Å². The number of carbonyl (C=O) groups excluding carboxylic acids is 2. The van der Waals surface area contributed by atoms with Gasteiger partial charge in [0.2, 0.25) is 10.0 Å². The van der Waals surface area contributed by atoms with E-state index in [0.717, 1.165) is 28.8 Å². The monoisotopic (exact) mass is 396 g/mol. The number of nitrogens with zero attached hydrogens (tertiary/aromatic N) is 1. The highest BCUT2D eigenvalue weighted by Gasteiger charge is 2.18. The average molecular weight is 396 g/mol. The zero-order valence-electron chi connectivity index (χ0n) is 14.7. The Morgan fingerprint density at radius 3 is 2.11 bits per heavy atom. The molecular formula is C18H18F2N2O4S. The van der Waals surface area contributed by atoms with Crippen molar-refractivity contribution in [2.24, 2.45) is 0 Å². The fraction of sp³-hybridized carbons (Fsp3) is 0.222. The Morgan fingerprint density at radius 1 is 1.00 bits per heavy atom. The number of halogens is 2. The van der Waals surface area contributed by atoms with Crippen LogP contribution >= 0.6 is 0 Å². The minimum Gasteiger partial charge on any atom is -0.350 e. The number of hydrogen-bond acceptors (Lipinski definition) is 4. The predicted octanol–water partition coefficient (Wildman–Crippen LogP) is 2.36. The summed E-state index contributed by atoms with van der Waals surface area (Å²) in [7, 11) is -3.64. The maximum absolute atomic E-state index is 13.2. The summed E-state index contributed by atoms with van der Waals surface area (Å²) in [6.07, 6.45) is 1.02. The van der Waals surface area contributed by atoms with Gasteiger partial charge in [-0.15, -0.1) is 0 Å². The van der Waals surface area contributed by atoms with Gasteiger partial charge in [-0.25, -0.2) is 17.2 Å². The van der Waals surface area contributed by atoms with Crippen molar-refractivity contribution in [1.29, 1.82) is 0 Å². The van der Waals surface area contributed by atoms with Gasteiger partial charge in [0, 0.05) is 17.7 Å². The second-order valence-corrected chi connectivity index (χ2v) is 7.73. The lowest BCUT2D eigenvalue weighted by Crippen LogP contribution is -2.38. The van der Waals surface area contributed by atoms with E-state index in [9.17, 15) is 26.8 Å². The number of hydrogen-bond donors (Lipinski definition) is 1. The number of anilines is 1. The molecule has 0 spiro atoms. The highest BCUT2D eigenvalue weighted by molar-refractivity contribution is 7.92. The van der Waals surface area contributed by atoms with Crippen LogP contribution in [0.1, 0.15) is 27.6 Å². The highest BCUT2D eigenvalue weighted by Crippen LogP contribution is 2.18. The standard InChI is InChI=1S/C18H18F2N2O4S/c1-12(23)13-3-6-15(7-4-13)22(27(2,25)26)10-9-21-18(24)14-5-8-16(19)17(20)11-14/h3-8,11H,9-10H2,1-2H3,(H,21,24). The molecule has 6 nitrogen and oxygen atoms in total. The van der Waals surface area contributed by atoms with Crippen LogP contribution in [0.25, 0.3) is 0 Å². The molecule has 0 unspecified atom stereocenters. The van der Waals surface area contributed by atoms with E-state index in [4.69, 9.17) is 0 Å². The molecule has 0 saturated carbocycles. The lowest BCUT2D eigenvalue weighted by molar-refractivity contribution is 0.0953. The SMILES string of the molecule is CC(=O)c1ccc(N(CCNC(=O)c2ccc(F)c(F)c2)S(C)(=O)=O)cc1. The van der Waals surface area contributed by atoms with E-state index < -0.39 is 27.6 Å². The summed E-state index contributed by atoms with van der Waals surface area (Å²) in [5.41, 5.74) is 0.703. The minimum atomic E-state index is -3.64. The van der Waals surface area contributed by atoms with Crippen LogP contribution in [0.5, 0.6) is 0 Å². The maximum atomic E-state index is 13.2. The Kier molecular flexibility index (Phi) is 6.27. The molecule has 0 aliphatic rings. The van der Waals surface area contributed by atoms with Crippen LogP contribution in [0.4, 0.5) is 14.5 Å². The fourth-order valence-corrected chi connectivity index (χ4v) is 3.29. The number of carbonyl (C=O) groups is 2. The fourth-order valence-electron chi connectivity index (χ4n) is 2.36. The molecule has 1 N–H and O–H groups in total. The van der Waals surface area contributed by atoms with Crippen molar-refractivity contribution in [3.63, 3.8) is 0 Å². The Morgan fingerprint density at radius 2 is 1.59 bits per heavy atom. The molecule has 0 atom stereocenters. The quantitative estimate of drug-likeness (QED) is 0.729. The van der Waals surface area contributed by atoms with Crippen LogP contribution in [-0.2, 0) is 10.0 Å². The van der Waals surface area contributed by atoms with Crippen LogP contribution in [0.2, 0.25) is 0 Å². The van der Waals surface area contributed by atoms with Gasteiger partial charge in [0.25, 0.3) is 5.91 Å². The molecule has 0 saturated heterocycles. The van der Waals surface area contributed by atoms with E-state index >= 15 is 0 Å². The maximum Gasteiger partial charge on any atom is 0.251 e. The van der Waals surface area contributed by atoms with E-state index in [0.29, 0.717) is 11.3 Å². The van der Waals surface area contributed by atoms with Crippen LogP contribution < -0.4 is 9.62 Å². The van der Waals surface area contributed by atoms with Gasteiger partial charge in [-0.1, -0.05) is 0 Å². The molecule has 2 rings (SSSR count). The average Bonchev–Trinajstić information content (AvgIpc) is 2.60. The van der Waals surface area contributed by atoms with Crippen molar-refractivity contribution in [1.82, 2.24) is 5.32 Å². The first-order valence-corrected chi connectivity index (χ1v) is 9.76. The van der Waals surface area contributed by atoms with Crippen molar-refractivity contribution in [3.05, 3.63) is 65.2 Å². The molecule has 2 aromatic rings. The van der Waals surface area contributed by atoms with Crippen LogP contribution in [0.3, 0.4) is 0 Å². The smallest absolute Gasteiger partial charge is 0.251 e. The molecule has 0 radical (unpaired) electrons. The zero-order chi connectivity index (χ0) is 20.2. The minimum absolute atomic E-state index is 0.0562. The number of nitrogens with one attached hydrogen (secondary N) is 1. The first-order chi connectivity index (χ1) is 12.6. The summed E-state index contributed by atoms with van der Waals surface area (Å²) in [6, 6.07) is 8.74. The van der Waals surface area contributed by atoms with Crippen molar-refractivity contribution in [3.8, 4) is 0 Å². The zero-order valence-corrected chi connectivity index (χ0v) is 15.5. The van der Waals surface area contributed by atoms with Gasteiger partial charge in [-0.2, -0.15) is 0 Å². The van der Waals surface area contributed by atoms with E-state index in [1.807, 2.05) is 0 Å². The molecule has 0 aliphatic heterocycles. The summed E-state index contributed by atoms with van der Waals surface area (Å²) in [6.45, 7) is 1.27. The van der Waals surface area contributed by atoms with Crippen LogP contribution in [-0.4, -0.2) is 39.5 Å². The van der Waals surface area contributed by atoms with Gasteiger partial charge in [-0.05, 0) is 49.4 Å². The number of benzene rings is 2. The molecule has 0 heterocycles. The van der Waals surface area contributed by atoms with E-state index in [-0.39, 0.29) is 24.4 Å². The summed E-state index contributed by atoms with van der Waals surface area (Å²) in [5.74, 6) is -3.02. The Balaban J connectivity index is 2.07.